The number of nitrogen functional groups attached to an aromatic ring is 1. The van der Waals surface area contributed by atoms with Crippen LogP contribution in [0.4, 0.5) is 0 Å². The summed E-state index contributed by atoms with van der Waals surface area (Å²) in [7, 11) is -2.38. The monoisotopic (exact) mass is 446 g/mol. The predicted octanol–water partition coefficient (Wildman–Crippen LogP) is -0.747. The highest BCUT2D eigenvalue weighted by molar-refractivity contribution is 7.89. The summed E-state index contributed by atoms with van der Waals surface area (Å²) in [6, 6.07) is 4.02. The molecular formula is C19H22N6O5S. The van der Waals surface area contributed by atoms with Gasteiger partial charge in [0, 0.05) is 19.0 Å². The van der Waals surface area contributed by atoms with Gasteiger partial charge in [-0.2, -0.15) is 9.89 Å². The predicted molar refractivity (Wildman–Crippen MR) is 112 cm³/mol. The number of hydrogen-bond acceptors (Lipinski definition) is 7. The highest BCUT2D eigenvalue weighted by Crippen LogP contribution is 2.36. The molecule has 2 aromatic heterocycles. The second-order valence-electron chi connectivity index (χ2n) is 8.12. The fourth-order valence-corrected chi connectivity index (χ4v) is 4.89. The third-order valence-electron chi connectivity index (χ3n) is 5.40. The zero-order valence-electron chi connectivity index (χ0n) is 17.0. The second-order valence-corrected chi connectivity index (χ2v) is 9.80. The number of aromatic nitrogens is 4. The molecule has 0 unspecified atom stereocenters. The molecule has 0 saturated heterocycles. The van der Waals surface area contributed by atoms with Crippen molar-refractivity contribution in [3.63, 3.8) is 0 Å². The van der Waals surface area contributed by atoms with E-state index in [-0.39, 0.29) is 22.2 Å². The molecule has 11 nitrogen and oxygen atoms in total. The summed E-state index contributed by atoms with van der Waals surface area (Å²) >= 11 is 0. The Morgan fingerprint density at radius 2 is 2.00 bits per heavy atom. The normalized spacial score (nSPS) is 15.3. The minimum atomic E-state index is -3.83. The maximum absolute atomic E-state index is 13.0. The lowest BCUT2D eigenvalue weighted by atomic mass is 10.2. The highest BCUT2D eigenvalue weighted by Gasteiger charge is 2.41. The average Bonchev–Trinajstić information content (AvgIpc) is 3.28. The number of Topliss-reactive ketones (excluding diaryl/α,β-unsaturated/α-hetero) is 1. The minimum Gasteiger partial charge on any atom is -0.323 e. The quantitative estimate of drug-likeness (QED) is 0.453. The SMILES string of the molecule is Cn1c(=O)n(CC(=O)Cc2cnn(N)c2)c(=O)c2cc(S(=O)(=O)NC3(C)CC3)ccc21. The van der Waals surface area contributed by atoms with Gasteiger partial charge in [0.25, 0.3) is 5.56 Å². The van der Waals surface area contributed by atoms with Crippen LogP contribution in [0.15, 0.2) is 45.1 Å². The summed E-state index contributed by atoms with van der Waals surface area (Å²) in [6.45, 7) is 1.35. The fraction of sp³-hybridized carbons (Fsp3) is 0.368. The Balaban J connectivity index is 1.73. The zero-order valence-corrected chi connectivity index (χ0v) is 17.8. The van der Waals surface area contributed by atoms with Crippen LogP contribution < -0.4 is 21.8 Å². The van der Waals surface area contributed by atoms with E-state index >= 15 is 0 Å². The van der Waals surface area contributed by atoms with Gasteiger partial charge >= 0.3 is 5.69 Å². The van der Waals surface area contributed by atoms with Crippen LogP contribution in [-0.4, -0.2) is 38.8 Å². The Morgan fingerprint density at radius 3 is 2.61 bits per heavy atom. The number of carbonyl (C=O) groups excluding carboxylic acids is 1. The van der Waals surface area contributed by atoms with Crippen molar-refractivity contribution < 1.29 is 13.2 Å². The van der Waals surface area contributed by atoms with E-state index in [2.05, 4.69) is 9.82 Å². The Hall–Kier alpha value is -3.25. The van der Waals surface area contributed by atoms with Crippen LogP contribution in [0.5, 0.6) is 0 Å². The molecule has 12 heteroatoms. The molecule has 0 spiro atoms. The first-order chi connectivity index (χ1) is 14.5. The van der Waals surface area contributed by atoms with E-state index in [9.17, 15) is 22.8 Å². The van der Waals surface area contributed by atoms with Gasteiger partial charge in [0.2, 0.25) is 10.0 Å². The van der Waals surface area contributed by atoms with Crippen molar-refractivity contribution >= 4 is 26.7 Å². The van der Waals surface area contributed by atoms with Crippen LogP contribution in [0, 0.1) is 0 Å². The third kappa shape index (κ3) is 4.03. The molecule has 0 bridgehead atoms. The molecule has 4 rings (SSSR count). The van der Waals surface area contributed by atoms with Gasteiger partial charge in [-0.1, -0.05) is 0 Å². The summed E-state index contributed by atoms with van der Waals surface area (Å²) in [4.78, 5) is 39.1. The molecule has 0 atom stereocenters. The number of fused-ring (bicyclic) bond motifs is 1. The van der Waals surface area contributed by atoms with E-state index in [1.165, 1.54) is 42.2 Å². The van der Waals surface area contributed by atoms with Gasteiger partial charge in [-0.25, -0.2) is 17.9 Å². The van der Waals surface area contributed by atoms with Crippen molar-refractivity contribution in [2.24, 2.45) is 7.05 Å². The van der Waals surface area contributed by atoms with Crippen molar-refractivity contribution in [2.75, 3.05) is 5.84 Å². The second kappa shape index (κ2) is 7.17. The molecule has 1 aliphatic carbocycles. The average molecular weight is 446 g/mol. The molecule has 0 radical (unpaired) electrons. The van der Waals surface area contributed by atoms with Crippen molar-refractivity contribution in [3.8, 4) is 0 Å². The molecule has 0 amide bonds. The summed E-state index contributed by atoms with van der Waals surface area (Å²) < 4.78 is 30.1. The van der Waals surface area contributed by atoms with Gasteiger partial charge in [-0.3, -0.25) is 18.7 Å². The first kappa shape index (κ1) is 21.0. The molecule has 1 aromatic carbocycles. The lowest BCUT2D eigenvalue weighted by Gasteiger charge is -2.14. The minimum absolute atomic E-state index is 0.0357. The van der Waals surface area contributed by atoms with E-state index in [1.54, 1.807) is 0 Å². The Labute approximate surface area is 177 Å². The number of rotatable bonds is 7. The molecule has 1 fully saturated rings. The van der Waals surface area contributed by atoms with Gasteiger partial charge in [-0.05, 0) is 43.5 Å². The lowest BCUT2D eigenvalue weighted by Crippen LogP contribution is -2.41. The maximum Gasteiger partial charge on any atom is 0.331 e. The van der Waals surface area contributed by atoms with Crippen molar-refractivity contribution in [1.82, 2.24) is 23.7 Å². The van der Waals surface area contributed by atoms with Crippen LogP contribution in [0.1, 0.15) is 25.3 Å². The fourth-order valence-electron chi connectivity index (χ4n) is 3.40. The Morgan fingerprint density at radius 1 is 1.29 bits per heavy atom. The van der Waals surface area contributed by atoms with E-state index < -0.39 is 39.1 Å². The number of ketones is 1. The summed E-state index contributed by atoms with van der Waals surface area (Å²) in [5.74, 6) is 5.07. The summed E-state index contributed by atoms with van der Waals surface area (Å²) in [5, 5.41) is 3.81. The van der Waals surface area contributed by atoms with Gasteiger partial charge in [0.1, 0.15) is 0 Å². The Kier molecular flexibility index (Phi) is 4.85. The third-order valence-corrected chi connectivity index (χ3v) is 7.04. The van der Waals surface area contributed by atoms with E-state index in [1.807, 2.05) is 6.92 Å². The number of aryl methyl sites for hydroxylation is 1. The number of sulfonamides is 1. The van der Waals surface area contributed by atoms with E-state index in [4.69, 9.17) is 5.84 Å². The number of nitrogens with two attached hydrogens (primary N) is 1. The highest BCUT2D eigenvalue weighted by atomic mass is 32.2. The van der Waals surface area contributed by atoms with Crippen LogP contribution in [0.2, 0.25) is 0 Å². The smallest absolute Gasteiger partial charge is 0.323 e. The van der Waals surface area contributed by atoms with E-state index in [0.717, 1.165) is 22.2 Å². The van der Waals surface area contributed by atoms with Crippen LogP contribution in [0.25, 0.3) is 10.9 Å². The van der Waals surface area contributed by atoms with Crippen LogP contribution in [-0.2, 0) is 34.8 Å². The molecule has 3 aromatic rings. The summed E-state index contributed by atoms with van der Waals surface area (Å²) in [5.41, 5.74) is -1.04. The number of nitrogens with zero attached hydrogens (tertiary/aromatic N) is 4. The number of nitrogens with one attached hydrogen (secondary N) is 1. The molecule has 164 valence electrons. The molecule has 2 heterocycles. The zero-order chi connectivity index (χ0) is 22.6. The molecule has 1 saturated carbocycles. The largest absolute Gasteiger partial charge is 0.331 e. The van der Waals surface area contributed by atoms with Crippen LogP contribution >= 0.6 is 0 Å². The van der Waals surface area contributed by atoms with Crippen molar-refractivity contribution in [2.45, 2.75) is 43.2 Å². The Bertz CT molecular complexity index is 1430. The van der Waals surface area contributed by atoms with E-state index in [0.29, 0.717) is 5.56 Å². The van der Waals surface area contributed by atoms with Crippen LogP contribution in [0.3, 0.4) is 0 Å². The molecule has 31 heavy (non-hydrogen) atoms. The lowest BCUT2D eigenvalue weighted by molar-refractivity contribution is -0.119. The van der Waals surface area contributed by atoms with Gasteiger partial charge < -0.3 is 5.84 Å². The molecule has 1 aliphatic rings. The topological polar surface area (TPSA) is 151 Å². The number of hydrogen-bond donors (Lipinski definition) is 2. The first-order valence-electron chi connectivity index (χ1n) is 9.57. The maximum atomic E-state index is 13.0. The number of benzene rings is 1. The van der Waals surface area contributed by atoms with Crippen molar-refractivity contribution in [1.29, 1.82) is 0 Å². The van der Waals surface area contributed by atoms with Crippen molar-refractivity contribution in [3.05, 3.63) is 57.0 Å². The number of carbonyl (C=O) groups is 1. The molecular weight excluding hydrogens is 424 g/mol. The first-order valence-corrected chi connectivity index (χ1v) is 11.1. The van der Waals surface area contributed by atoms with Gasteiger partial charge in [0.05, 0.1) is 34.7 Å². The van der Waals surface area contributed by atoms with Gasteiger partial charge in [0.15, 0.2) is 5.78 Å². The molecule has 3 N–H and O–H groups in total. The standard InChI is InChI=1S/C19H22N6O5S/c1-19(5-6-19)22-31(29,30)14-3-4-16-15(8-14)17(27)24(18(28)23(16)2)11-13(26)7-12-9-21-25(20)10-12/h3-4,8-10,22H,5-7,11,20H2,1-2H3. The van der Waals surface area contributed by atoms with Gasteiger partial charge in [-0.15, -0.1) is 0 Å². The summed E-state index contributed by atoms with van der Waals surface area (Å²) in [6.07, 6.45) is 4.31. The molecule has 0 aliphatic heterocycles.